The van der Waals surface area contributed by atoms with E-state index in [2.05, 4.69) is 55.3 Å². The number of hydrogen-bond acceptors (Lipinski definition) is 3. The fourth-order valence-corrected chi connectivity index (χ4v) is 3.05. The SMILES string of the molecule is CCC1CNC(CC(C)C)CN1c1ccc(OC)cc1. The summed E-state index contributed by atoms with van der Waals surface area (Å²) in [5, 5.41) is 3.71. The molecular formula is C17H28N2O. The maximum Gasteiger partial charge on any atom is 0.119 e. The van der Waals surface area contributed by atoms with Gasteiger partial charge in [0.25, 0.3) is 0 Å². The minimum atomic E-state index is 0.590. The molecule has 1 N–H and O–H groups in total. The summed E-state index contributed by atoms with van der Waals surface area (Å²) in [5.74, 6) is 1.67. The summed E-state index contributed by atoms with van der Waals surface area (Å²) in [6.07, 6.45) is 2.41. The zero-order chi connectivity index (χ0) is 14.5. The molecule has 1 aromatic rings. The normalized spacial score (nSPS) is 23.1. The van der Waals surface area contributed by atoms with Gasteiger partial charge in [0.2, 0.25) is 0 Å². The van der Waals surface area contributed by atoms with E-state index >= 15 is 0 Å². The van der Waals surface area contributed by atoms with Crippen molar-refractivity contribution in [2.24, 2.45) is 5.92 Å². The topological polar surface area (TPSA) is 24.5 Å². The van der Waals surface area contributed by atoms with E-state index in [1.54, 1.807) is 7.11 Å². The van der Waals surface area contributed by atoms with Crippen LogP contribution >= 0.6 is 0 Å². The average Bonchev–Trinajstić information content (AvgIpc) is 2.46. The van der Waals surface area contributed by atoms with E-state index in [0.717, 1.165) is 24.8 Å². The molecule has 0 aliphatic carbocycles. The summed E-state index contributed by atoms with van der Waals surface area (Å²) in [4.78, 5) is 2.56. The van der Waals surface area contributed by atoms with Crippen LogP contribution in [0.3, 0.4) is 0 Å². The number of nitrogens with one attached hydrogen (secondary N) is 1. The fourth-order valence-electron chi connectivity index (χ4n) is 3.05. The highest BCUT2D eigenvalue weighted by molar-refractivity contribution is 5.50. The first-order valence-corrected chi connectivity index (χ1v) is 7.78. The Morgan fingerprint density at radius 3 is 2.55 bits per heavy atom. The van der Waals surface area contributed by atoms with Crippen LogP contribution in [0.4, 0.5) is 5.69 Å². The Labute approximate surface area is 123 Å². The van der Waals surface area contributed by atoms with Crippen LogP contribution in [0.25, 0.3) is 0 Å². The molecule has 0 radical (unpaired) electrons. The third-order valence-corrected chi connectivity index (χ3v) is 4.13. The van der Waals surface area contributed by atoms with Crippen molar-refractivity contribution in [3.8, 4) is 5.75 Å². The molecular weight excluding hydrogens is 248 g/mol. The molecule has 0 saturated carbocycles. The molecule has 20 heavy (non-hydrogen) atoms. The van der Waals surface area contributed by atoms with Crippen LogP contribution in [0.5, 0.6) is 5.75 Å². The second kappa shape index (κ2) is 6.98. The summed E-state index contributed by atoms with van der Waals surface area (Å²) in [6.45, 7) is 9.05. The smallest absolute Gasteiger partial charge is 0.119 e. The van der Waals surface area contributed by atoms with Crippen LogP contribution < -0.4 is 15.0 Å². The molecule has 1 heterocycles. The van der Waals surface area contributed by atoms with Gasteiger partial charge in [-0.15, -0.1) is 0 Å². The predicted molar refractivity (Wildman–Crippen MR) is 85.7 cm³/mol. The van der Waals surface area contributed by atoms with E-state index < -0.39 is 0 Å². The number of benzene rings is 1. The Kier molecular flexibility index (Phi) is 5.30. The van der Waals surface area contributed by atoms with Crippen molar-refractivity contribution in [2.45, 2.75) is 45.7 Å². The summed E-state index contributed by atoms with van der Waals surface area (Å²) < 4.78 is 5.25. The molecule has 0 amide bonds. The van der Waals surface area contributed by atoms with Crippen molar-refractivity contribution < 1.29 is 4.74 Å². The Hall–Kier alpha value is -1.22. The molecule has 2 unspecified atom stereocenters. The van der Waals surface area contributed by atoms with Crippen molar-refractivity contribution in [3.63, 3.8) is 0 Å². The third kappa shape index (κ3) is 3.66. The van der Waals surface area contributed by atoms with Crippen LogP contribution in [0.1, 0.15) is 33.6 Å². The maximum absolute atomic E-state index is 5.25. The molecule has 1 aromatic carbocycles. The van der Waals surface area contributed by atoms with Gasteiger partial charge in [0.1, 0.15) is 5.75 Å². The zero-order valence-corrected chi connectivity index (χ0v) is 13.2. The van der Waals surface area contributed by atoms with Gasteiger partial charge in [0.05, 0.1) is 7.11 Å². The third-order valence-electron chi connectivity index (χ3n) is 4.13. The zero-order valence-electron chi connectivity index (χ0n) is 13.2. The van der Waals surface area contributed by atoms with E-state index in [1.165, 1.54) is 18.5 Å². The van der Waals surface area contributed by atoms with Gasteiger partial charge in [-0.05, 0) is 43.0 Å². The van der Waals surface area contributed by atoms with Crippen LogP contribution in [-0.2, 0) is 0 Å². The van der Waals surface area contributed by atoms with Crippen molar-refractivity contribution in [1.82, 2.24) is 5.32 Å². The predicted octanol–water partition coefficient (Wildman–Crippen LogP) is 3.30. The lowest BCUT2D eigenvalue weighted by Gasteiger charge is -2.42. The molecule has 1 fully saturated rings. The number of methoxy groups -OCH3 is 1. The van der Waals surface area contributed by atoms with E-state index in [9.17, 15) is 0 Å². The monoisotopic (exact) mass is 276 g/mol. The molecule has 0 aromatic heterocycles. The second-order valence-electron chi connectivity index (χ2n) is 6.15. The fraction of sp³-hybridized carbons (Fsp3) is 0.647. The van der Waals surface area contributed by atoms with Gasteiger partial charge >= 0.3 is 0 Å². The lowest BCUT2D eigenvalue weighted by atomic mass is 9.98. The molecule has 0 bridgehead atoms. The Morgan fingerprint density at radius 1 is 1.30 bits per heavy atom. The number of piperazine rings is 1. The number of anilines is 1. The first-order valence-electron chi connectivity index (χ1n) is 7.78. The largest absolute Gasteiger partial charge is 0.497 e. The highest BCUT2D eigenvalue weighted by Crippen LogP contribution is 2.25. The molecule has 1 aliphatic rings. The maximum atomic E-state index is 5.25. The van der Waals surface area contributed by atoms with Crippen molar-refractivity contribution >= 4 is 5.69 Å². The number of hydrogen-bond donors (Lipinski definition) is 1. The molecule has 1 saturated heterocycles. The van der Waals surface area contributed by atoms with Gasteiger partial charge in [0.15, 0.2) is 0 Å². The number of rotatable bonds is 5. The molecule has 3 heteroatoms. The van der Waals surface area contributed by atoms with Crippen molar-refractivity contribution in [3.05, 3.63) is 24.3 Å². The highest BCUT2D eigenvalue weighted by Gasteiger charge is 2.27. The summed E-state index contributed by atoms with van der Waals surface area (Å²) in [6, 6.07) is 9.66. The van der Waals surface area contributed by atoms with Crippen LogP contribution in [0, 0.1) is 5.92 Å². The highest BCUT2D eigenvalue weighted by atomic mass is 16.5. The Balaban J connectivity index is 2.11. The minimum Gasteiger partial charge on any atom is -0.497 e. The van der Waals surface area contributed by atoms with Crippen LogP contribution in [0.15, 0.2) is 24.3 Å². The van der Waals surface area contributed by atoms with E-state index in [-0.39, 0.29) is 0 Å². The first kappa shape index (κ1) is 15.2. The van der Waals surface area contributed by atoms with Crippen LogP contribution in [-0.4, -0.2) is 32.3 Å². The Bertz CT molecular complexity index is 402. The summed E-state index contributed by atoms with van der Waals surface area (Å²) in [5.41, 5.74) is 1.31. The molecule has 2 rings (SSSR count). The van der Waals surface area contributed by atoms with Crippen LogP contribution in [0.2, 0.25) is 0 Å². The van der Waals surface area contributed by atoms with E-state index in [0.29, 0.717) is 12.1 Å². The minimum absolute atomic E-state index is 0.590. The van der Waals surface area contributed by atoms with E-state index in [1.807, 2.05) is 0 Å². The summed E-state index contributed by atoms with van der Waals surface area (Å²) >= 11 is 0. The average molecular weight is 276 g/mol. The Morgan fingerprint density at radius 2 is 2.00 bits per heavy atom. The van der Waals surface area contributed by atoms with Gasteiger partial charge in [-0.1, -0.05) is 20.8 Å². The van der Waals surface area contributed by atoms with Gasteiger partial charge in [-0.2, -0.15) is 0 Å². The van der Waals surface area contributed by atoms with Gasteiger partial charge in [0, 0.05) is 30.9 Å². The van der Waals surface area contributed by atoms with Crippen molar-refractivity contribution in [1.29, 1.82) is 0 Å². The van der Waals surface area contributed by atoms with Gasteiger partial charge in [-0.3, -0.25) is 0 Å². The number of ether oxygens (including phenoxy) is 1. The van der Waals surface area contributed by atoms with Crippen molar-refractivity contribution in [2.75, 3.05) is 25.1 Å². The standard InChI is InChI=1S/C17H28N2O/c1-5-15-11-18-14(10-13(2)3)12-19(15)16-6-8-17(20-4)9-7-16/h6-9,13-15,18H,5,10-12H2,1-4H3. The summed E-state index contributed by atoms with van der Waals surface area (Å²) in [7, 11) is 1.72. The lowest BCUT2D eigenvalue weighted by molar-refractivity contribution is 0.343. The lowest BCUT2D eigenvalue weighted by Crippen LogP contribution is -2.56. The first-order chi connectivity index (χ1) is 9.63. The quantitative estimate of drug-likeness (QED) is 0.893. The van der Waals surface area contributed by atoms with E-state index in [4.69, 9.17) is 4.74 Å². The second-order valence-corrected chi connectivity index (χ2v) is 6.15. The number of nitrogens with zero attached hydrogens (tertiary/aromatic N) is 1. The molecule has 3 nitrogen and oxygen atoms in total. The molecule has 2 atom stereocenters. The van der Waals surface area contributed by atoms with Gasteiger partial charge in [-0.25, -0.2) is 0 Å². The molecule has 1 aliphatic heterocycles. The van der Waals surface area contributed by atoms with Gasteiger partial charge < -0.3 is 15.0 Å². The molecule has 112 valence electrons. The molecule has 0 spiro atoms.